The van der Waals surface area contributed by atoms with Gasteiger partial charge >= 0.3 is 23.0 Å². The quantitative estimate of drug-likeness (QED) is 0.336. The van der Waals surface area contributed by atoms with Gasteiger partial charge in [0.15, 0.2) is 10.1 Å². The Morgan fingerprint density at radius 1 is 0.731 bits per heavy atom. The van der Waals surface area contributed by atoms with Crippen molar-refractivity contribution < 1.29 is 52.6 Å². The third-order valence-corrected chi connectivity index (χ3v) is 5.19. The van der Waals surface area contributed by atoms with Gasteiger partial charge in [-0.25, -0.2) is 8.42 Å². The first-order valence-corrected chi connectivity index (χ1v) is 8.97. The SMILES string of the molecule is CC(F)(F)C(F)(F)C(F)(F)C(F)(F)S(=O)(=O)[O-].CC[N+](CC)(CC)CC. The molecule has 0 fully saturated rings. The Kier molecular flexibility index (Phi) is 9.05. The van der Waals surface area contributed by atoms with Gasteiger partial charge in [0.1, 0.15) is 0 Å². The van der Waals surface area contributed by atoms with Crippen LogP contribution in [-0.4, -0.2) is 66.7 Å². The van der Waals surface area contributed by atoms with Crippen molar-refractivity contribution >= 4 is 10.1 Å². The van der Waals surface area contributed by atoms with E-state index in [1.807, 2.05) is 0 Å². The molecule has 26 heavy (non-hydrogen) atoms. The van der Waals surface area contributed by atoms with E-state index in [2.05, 4.69) is 27.7 Å². The molecular weight excluding hydrogens is 402 g/mol. The van der Waals surface area contributed by atoms with Crippen molar-refractivity contribution in [3.8, 4) is 0 Å². The summed E-state index contributed by atoms with van der Waals surface area (Å²) >= 11 is 0. The molecule has 4 nitrogen and oxygen atoms in total. The molecule has 0 rings (SSSR count). The van der Waals surface area contributed by atoms with E-state index in [1.54, 1.807) is 0 Å². The number of nitrogens with zero attached hydrogens (tertiary/aromatic N) is 1. The van der Waals surface area contributed by atoms with Crippen LogP contribution in [0.3, 0.4) is 0 Å². The molecule has 0 atom stereocenters. The molecule has 0 saturated heterocycles. The van der Waals surface area contributed by atoms with Crippen molar-refractivity contribution in [3.63, 3.8) is 0 Å². The zero-order chi connectivity index (χ0) is 21.8. The van der Waals surface area contributed by atoms with Crippen molar-refractivity contribution in [1.29, 1.82) is 0 Å². The summed E-state index contributed by atoms with van der Waals surface area (Å²) in [6.07, 6.45) is 0. The second kappa shape index (κ2) is 8.55. The molecule has 0 saturated carbocycles. The maximum atomic E-state index is 12.4. The van der Waals surface area contributed by atoms with Gasteiger partial charge in [0.05, 0.1) is 26.2 Å². The van der Waals surface area contributed by atoms with Crippen LogP contribution in [0.15, 0.2) is 0 Å². The summed E-state index contributed by atoms with van der Waals surface area (Å²) in [5.74, 6) is -19.4. The number of alkyl halides is 8. The summed E-state index contributed by atoms with van der Waals surface area (Å²) in [6.45, 7) is 13.4. The van der Waals surface area contributed by atoms with Crippen molar-refractivity contribution in [1.82, 2.24) is 0 Å². The summed E-state index contributed by atoms with van der Waals surface area (Å²) < 4.78 is 129. The monoisotopic (exact) mass is 425 g/mol. The Balaban J connectivity index is 0. The predicted molar refractivity (Wildman–Crippen MR) is 77.6 cm³/mol. The van der Waals surface area contributed by atoms with Gasteiger partial charge in [-0.05, 0) is 27.7 Å². The van der Waals surface area contributed by atoms with Crippen molar-refractivity contribution in [2.45, 2.75) is 57.6 Å². The summed E-state index contributed by atoms with van der Waals surface area (Å²) in [7, 11) is -7.25. The first-order valence-electron chi connectivity index (χ1n) is 7.56. The molecule has 160 valence electrons. The van der Waals surface area contributed by atoms with Crippen LogP contribution in [0.2, 0.25) is 0 Å². The fraction of sp³-hybridized carbons (Fsp3) is 1.00. The van der Waals surface area contributed by atoms with Crippen molar-refractivity contribution in [2.24, 2.45) is 0 Å². The summed E-state index contributed by atoms with van der Waals surface area (Å²) in [6, 6.07) is 0. The fourth-order valence-corrected chi connectivity index (χ4v) is 2.40. The normalized spacial score (nSPS) is 14.7. The third-order valence-electron chi connectivity index (χ3n) is 4.31. The Labute approximate surface area is 147 Å². The molecule has 0 amide bonds. The van der Waals surface area contributed by atoms with E-state index in [0.29, 0.717) is 0 Å². The predicted octanol–water partition coefficient (Wildman–Crippen LogP) is 3.93. The minimum Gasteiger partial charge on any atom is -0.743 e. The van der Waals surface area contributed by atoms with E-state index in [1.165, 1.54) is 30.7 Å². The maximum absolute atomic E-state index is 12.4. The number of hydrogen-bond donors (Lipinski definition) is 0. The molecule has 0 bridgehead atoms. The lowest BCUT2D eigenvalue weighted by Gasteiger charge is -2.36. The Bertz CT molecular complexity index is 525. The van der Waals surface area contributed by atoms with Gasteiger partial charge in [0, 0.05) is 6.92 Å². The minimum atomic E-state index is -7.25. The van der Waals surface area contributed by atoms with E-state index in [4.69, 9.17) is 0 Å². The van der Waals surface area contributed by atoms with Crippen LogP contribution in [0, 0.1) is 0 Å². The first-order chi connectivity index (χ1) is 11.2. The summed E-state index contributed by atoms with van der Waals surface area (Å²) in [5.41, 5.74) is 0. The van der Waals surface area contributed by atoms with Crippen LogP contribution in [0.25, 0.3) is 0 Å². The van der Waals surface area contributed by atoms with Gasteiger partial charge in [-0.15, -0.1) is 0 Å². The maximum Gasteiger partial charge on any atom is 0.402 e. The van der Waals surface area contributed by atoms with Crippen LogP contribution in [0.1, 0.15) is 34.6 Å². The second-order valence-electron chi connectivity index (χ2n) is 5.61. The summed E-state index contributed by atoms with van der Waals surface area (Å²) in [4.78, 5) is 0. The number of quaternary nitrogens is 1. The van der Waals surface area contributed by atoms with Crippen LogP contribution in [-0.2, 0) is 10.1 Å². The highest BCUT2D eigenvalue weighted by Gasteiger charge is 2.81. The van der Waals surface area contributed by atoms with Crippen LogP contribution in [0.4, 0.5) is 35.1 Å². The molecule has 0 N–H and O–H groups in total. The lowest BCUT2D eigenvalue weighted by molar-refractivity contribution is -0.921. The zero-order valence-electron chi connectivity index (χ0n) is 14.9. The minimum absolute atomic E-state index is 0.825. The molecule has 0 unspecified atom stereocenters. The highest BCUT2D eigenvalue weighted by molar-refractivity contribution is 7.86. The molecule has 0 radical (unpaired) electrons. The van der Waals surface area contributed by atoms with E-state index in [9.17, 15) is 48.1 Å². The number of rotatable bonds is 8. The Morgan fingerprint density at radius 3 is 1.12 bits per heavy atom. The van der Waals surface area contributed by atoms with E-state index >= 15 is 0 Å². The highest BCUT2D eigenvalue weighted by Crippen LogP contribution is 2.53. The molecule has 0 aliphatic heterocycles. The molecule has 0 heterocycles. The van der Waals surface area contributed by atoms with Crippen LogP contribution >= 0.6 is 0 Å². The van der Waals surface area contributed by atoms with Gasteiger partial charge in [-0.2, -0.15) is 35.1 Å². The lowest BCUT2D eigenvalue weighted by atomic mass is 10.1. The molecule has 0 spiro atoms. The van der Waals surface area contributed by atoms with Crippen molar-refractivity contribution in [3.05, 3.63) is 0 Å². The van der Waals surface area contributed by atoms with Gasteiger partial charge in [0.25, 0.3) is 0 Å². The lowest BCUT2D eigenvalue weighted by Crippen LogP contribution is -2.63. The van der Waals surface area contributed by atoms with E-state index in [0.717, 1.165) is 0 Å². The van der Waals surface area contributed by atoms with Crippen molar-refractivity contribution in [2.75, 3.05) is 26.2 Å². The largest absolute Gasteiger partial charge is 0.743 e. The van der Waals surface area contributed by atoms with Gasteiger partial charge < -0.3 is 9.04 Å². The fourth-order valence-electron chi connectivity index (χ4n) is 1.96. The average Bonchev–Trinajstić information content (AvgIpc) is 2.48. The first kappa shape index (κ1) is 27.5. The van der Waals surface area contributed by atoms with Crippen LogP contribution in [0.5, 0.6) is 0 Å². The number of hydrogen-bond acceptors (Lipinski definition) is 3. The standard InChI is InChI=1S/C8H20N.C5H4F8O3S/c1-5-9(6-2,7-3)8-4;1-2(6,7)3(8,9)4(10,11)5(12,13)17(14,15)16/h5-8H2,1-4H3;1H3,(H,14,15,16)/q+1;/p-1. The smallest absolute Gasteiger partial charge is 0.402 e. The average molecular weight is 425 g/mol. The van der Waals surface area contributed by atoms with Gasteiger partial charge in [0.2, 0.25) is 0 Å². The summed E-state index contributed by atoms with van der Waals surface area (Å²) in [5, 5.41) is -6.87. The Morgan fingerprint density at radius 2 is 1.00 bits per heavy atom. The van der Waals surface area contributed by atoms with Gasteiger partial charge in [-0.1, -0.05) is 0 Å². The third kappa shape index (κ3) is 5.18. The second-order valence-corrected chi connectivity index (χ2v) is 7.04. The molecular formula is C13H23F8NO3S. The molecule has 0 aliphatic rings. The highest BCUT2D eigenvalue weighted by atomic mass is 32.2. The molecule has 0 aromatic rings. The van der Waals surface area contributed by atoms with E-state index < -0.39 is 40.1 Å². The molecule has 0 aromatic carbocycles. The van der Waals surface area contributed by atoms with Gasteiger partial charge in [-0.3, -0.25) is 0 Å². The van der Waals surface area contributed by atoms with E-state index in [-0.39, 0.29) is 0 Å². The molecule has 0 aliphatic carbocycles. The Hall–Kier alpha value is -0.690. The van der Waals surface area contributed by atoms with Crippen LogP contribution < -0.4 is 0 Å². The molecule has 13 heteroatoms. The molecule has 0 aromatic heterocycles. The number of halogens is 8. The topological polar surface area (TPSA) is 57.2 Å². The zero-order valence-corrected chi connectivity index (χ0v) is 15.7.